The van der Waals surface area contributed by atoms with Crippen molar-refractivity contribution in [3.63, 3.8) is 0 Å². The summed E-state index contributed by atoms with van der Waals surface area (Å²) in [5.41, 5.74) is 2.09. The summed E-state index contributed by atoms with van der Waals surface area (Å²) in [6.07, 6.45) is 6.36. The lowest BCUT2D eigenvalue weighted by atomic mass is 10.2. The van der Waals surface area contributed by atoms with E-state index in [0.29, 0.717) is 51.7 Å². The zero-order chi connectivity index (χ0) is 23.7. The number of aromatic nitrogens is 6. The van der Waals surface area contributed by atoms with Gasteiger partial charge in [0, 0.05) is 30.1 Å². The lowest BCUT2D eigenvalue weighted by Crippen LogP contribution is -2.10. The van der Waals surface area contributed by atoms with Crippen molar-refractivity contribution in [2.45, 2.75) is 20.3 Å². The third kappa shape index (κ3) is 4.18. The molecule has 0 atom stereocenters. The van der Waals surface area contributed by atoms with Crippen LogP contribution in [0.2, 0.25) is 0 Å². The minimum Gasteiger partial charge on any atom is -0.457 e. The Labute approximate surface area is 192 Å². The Morgan fingerprint density at radius 1 is 1.12 bits per heavy atom. The molecule has 0 unspecified atom stereocenters. The number of carbonyl (C=O) groups is 1. The largest absolute Gasteiger partial charge is 0.457 e. The van der Waals surface area contributed by atoms with Gasteiger partial charge in [0.2, 0.25) is 5.91 Å². The van der Waals surface area contributed by atoms with Gasteiger partial charge in [0.1, 0.15) is 41.6 Å². The first-order valence-electron chi connectivity index (χ1n) is 10.4. The summed E-state index contributed by atoms with van der Waals surface area (Å²) in [5, 5.41) is 10.3. The van der Waals surface area contributed by atoms with Crippen molar-refractivity contribution in [3.05, 3.63) is 66.8 Å². The summed E-state index contributed by atoms with van der Waals surface area (Å²) in [6, 6.07) is 8.03. The summed E-state index contributed by atoms with van der Waals surface area (Å²) >= 11 is 0. The molecule has 4 heterocycles. The lowest BCUT2D eigenvalue weighted by Gasteiger charge is -2.14. The minimum absolute atomic E-state index is 0.168. The number of amides is 1. The van der Waals surface area contributed by atoms with E-state index in [9.17, 15) is 4.79 Å². The Hall–Kier alpha value is -4.67. The molecule has 5 rings (SSSR count). The predicted molar refractivity (Wildman–Crippen MR) is 124 cm³/mol. The maximum Gasteiger partial charge on any atom is 0.225 e. The fourth-order valence-electron chi connectivity index (χ4n) is 3.34. The molecule has 34 heavy (non-hydrogen) atoms. The molecule has 2 N–H and O–H groups in total. The smallest absolute Gasteiger partial charge is 0.225 e. The number of nitrogens with one attached hydrogen (secondary N) is 2. The molecular formula is C23H19FN8O2. The number of anilines is 3. The molecule has 0 saturated heterocycles. The Bertz CT molecular complexity index is 1530. The van der Waals surface area contributed by atoms with Crippen LogP contribution in [-0.2, 0) is 4.79 Å². The van der Waals surface area contributed by atoms with Crippen LogP contribution in [0.25, 0.3) is 16.6 Å². The molecule has 4 aromatic heterocycles. The number of aryl methyl sites for hydroxylation is 1. The second-order valence-corrected chi connectivity index (χ2v) is 7.46. The number of hydrogen-bond acceptors (Lipinski definition) is 8. The Kier molecular flexibility index (Phi) is 5.42. The van der Waals surface area contributed by atoms with E-state index in [4.69, 9.17) is 4.74 Å². The molecule has 0 aliphatic carbocycles. The van der Waals surface area contributed by atoms with Gasteiger partial charge in [-0.3, -0.25) is 4.79 Å². The highest BCUT2D eigenvalue weighted by Crippen LogP contribution is 2.32. The first kappa shape index (κ1) is 21.2. The van der Waals surface area contributed by atoms with Crippen molar-refractivity contribution in [1.82, 2.24) is 29.5 Å². The quantitative estimate of drug-likeness (QED) is 0.384. The average molecular weight is 458 g/mol. The number of benzene rings is 1. The van der Waals surface area contributed by atoms with Crippen LogP contribution in [0.3, 0.4) is 0 Å². The van der Waals surface area contributed by atoms with Gasteiger partial charge in [-0.05, 0) is 30.7 Å². The van der Waals surface area contributed by atoms with E-state index in [1.54, 1.807) is 41.9 Å². The minimum atomic E-state index is -0.524. The van der Waals surface area contributed by atoms with Crippen LogP contribution in [-0.4, -0.2) is 35.5 Å². The van der Waals surface area contributed by atoms with Gasteiger partial charge in [0.15, 0.2) is 5.65 Å². The highest BCUT2D eigenvalue weighted by Gasteiger charge is 2.13. The summed E-state index contributed by atoms with van der Waals surface area (Å²) < 4.78 is 22.5. The van der Waals surface area contributed by atoms with Crippen LogP contribution in [0, 0.1) is 12.7 Å². The molecule has 0 spiro atoms. The number of pyridine rings is 2. The van der Waals surface area contributed by atoms with Gasteiger partial charge in [0.05, 0.1) is 17.4 Å². The Balaban J connectivity index is 1.43. The Morgan fingerprint density at radius 2 is 2.00 bits per heavy atom. The molecular weight excluding hydrogens is 439 g/mol. The van der Waals surface area contributed by atoms with E-state index < -0.39 is 5.82 Å². The number of fused-ring (bicyclic) bond motifs is 2. The molecule has 1 aromatic carbocycles. The fourth-order valence-corrected chi connectivity index (χ4v) is 3.34. The molecule has 0 aliphatic rings. The predicted octanol–water partition coefficient (Wildman–Crippen LogP) is 4.40. The molecule has 0 bridgehead atoms. The third-order valence-electron chi connectivity index (χ3n) is 5.11. The van der Waals surface area contributed by atoms with Crippen molar-refractivity contribution in [2.75, 3.05) is 10.6 Å². The molecule has 0 aliphatic heterocycles. The highest BCUT2D eigenvalue weighted by molar-refractivity contribution is 5.95. The van der Waals surface area contributed by atoms with Gasteiger partial charge >= 0.3 is 0 Å². The number of nitrogens with zero attached hydrogens (tertiary/aromatic N) is 6. The maximum atomic E-state index is 15.0. The molecule has 0 saturated carbocycles. The molecule has 0 fully saturated rings. The first-order chi connectivity index (χ1) is 16.5. The average Bonchev–Trinajstić information content (AvgIpc) is 3.30. The molecule has 170 valence electrons. The highest BCUT2D eigenvalue weighted by atomic mass is 19.1. The number of ether oxygens (including phenoxy) is 1. The van der Waals surface area contributed by atoms with E-state index in [0.717, 1.165) is 0 Å². The van der Waals surface area contributed by atoms with Gasteiger partial charge in [-0.15, -0.1) is 0 Å². The van der Waals surface area contributed by atoms with Crippen molar-refractivity contribution in [1.29, 1.82) is 0 Å². The second kappa shape index (κ2) is 8.70. The van der Waals surface area contributed by atoms with Crippen molar-refractivity contribution in [3.8, 4) is 11.5 Å². The van der Waals surface area contributed by atoms with Crippen molar-refractivity contribution < 1.29 is 13.9 Å². The summed E-state index contributed by atoms with van der Waals surface area (Å²) in [5.74, 6) is 0.932. The van der Waals surface area contributed by atoms with E-state index in [-0.39, 0.29) is 11.6 Å². The topological polar surface area (TPSA) is 119 Å². The van der Waals surface area contributed by atoms with E-state index in [1.165, 1.54) is 24.9 Å². The maximum absolute atomic E-state index is 15.0. The monoisotopic (exact) mass is 458 g/mol. The Morgan fingerprint density at radius 3 is 2.85 bits per heavy atom. The number of carbonyl (C=O) groups excluding carboxylic acids is 1. The molecule has 1 amide bonds. The summed E-state index contributed by atoms with van der Waals surface area (Å²) in [6.45, 7) is 3.56. The number of halogens is 1. The van der Waals surface area contributed by atoms with Gasteiger partial charge in [-0.2, -0.15) is 5.10 Å². The van der Waals surface area contributed by atoms with Crippen molar-refractivity contribution >= 4 is 39.8 Å². The number of rotatable bonds is 6. The zero-order valence-electron chi connectivity index (χ0n) is 18.3. The molecule has 0 radical (unpaired) electrons. The van der Waals surface area contributed by atoms with Crippen LogP contribution in [0.15, 0.2) is 55.4 Å². The normalized spacial score (nSPS) is 11.0. The second-order valence-electron chi connectivity index (χ2n) is 7.46. The summed E-state index contributed by atoms with van der Waals surface area (Å²) in [7, 11) is 0. The molecule has 5 aromatic rings. The van der Waals surface area contributed by atoms with Crippen LogP contribution in [0.4, 0.5) is 21.7 Å². The van der Waals surface area contributed by atoms with E-state index in [2.05, 4.69) is 35.7 Å². The van der Waals surface area contributed by atoms with Crippen LogP contribution >= 0.6 is 0 Å². The van der Waals surface area contributed by atoms with E-state index >= 15 is 4.39 Å². The van der Waals surface area contributed by atoms with E-state index in [1.807, 2.05) is 6.92 Å². The van der Waals surface area contributed by atoms with Crippen LogP contribution < -0.4 is 15.4 Å². The standard InChI is InChI=1S/C23H19FN8O2/c1-3-22(33)31-20-8-15-18(10-25-20)26-11-28-23(15)30-17-6-13(2)19(9-16(17)24)34-14-4-5-32-21(7-14)27-12-29-32/h4-12H,3H2,1-2H3,(H,25,31,33)(H,26,28,30). The lowest BCUT2D eigenvalue weighted by molar-refractivity contribution is -0.115. The van der Waals surface area contributed by atoms with Crippen LogP contribution in [0.1, 0.15) is 18.9 Å². The third-order valence-corrected chi connectivity index (χ3v) is 5.11. The van der Waals surface area contributed by atoms with Gasteiger partial charge in [0.25, 0.3) is 0 Å². The van der Waals surface area contributed by atoms with Gasteiger partial charge in [-0.1, -0.05) is 6.92 Å². The number of hydrogen-bond donors (Lipinski definition) is 2. The first-order valence-corrected chi connectivity index (χ1v) is 10.4. The molecule has 11 heteroatoms. The molecule has 10 nitrogen and oxygen atoms in total. The van der Waals surface area contributed by atoms with Gasteiger partial charge < -0.3 is 15.4 Å². The van der Waals surface area contributed by atoms with Gasteiger partial charge in [-0.25, -0.2) is 28.8 Å². The fraction of sp³-hybridized carbons (Fsp3) is 0.130. The van der Waals surface area contributed by atoms with Crippen molar-refractivity contribution in [2.24, 2.45) is 0 Å². The zero-order valence-corrected chi connectivity index (χ0v) is 18.3. The SMILES string of the molecule is CCC(=O)Nc1cc2c(Nc3cc(C)c(Oc4ccn5ncnc5c4)cc3F)ncnc2cn1. The van der Waals surface area contributed by atoms with Crippen LogP contribution in [0.5, 0.6) is 11.5 Å². The summed E-state index contributed by atoms with van der Waals surface area (Å²) in [4.78, 5) is 28.5.